The molecule has 88 valence electrons. The Labute approximate surface area is 106 Å². The topological polar surface area (TPSA) is 38.0 Å². The quantitative estimate of drug-likeness (QED) is 0.821. The summed E-state index contributed by atoms with van der Waals surface area (Å²) in [6, 6.07) is 9.05. The first kappa shape index (κ1) is 11.9. The molecule has 0 amide bonds. The first-order chi connectivity index (χ1) is 8.06. The number of nitrogen functional groups attached to an aromatic ring is 1. The maximum atomic E-state index is 13.5. The van der Waals surface area contributed by atoms with E-state index in [1.807, 2.05) is 0 Å². The molecule has 5 heteroatoms. The van der Waals surface area contributed by atoms with E-state index in [2.05, 4.69) is 21.2 Å². The summed E-state index contributed by atoms with van der Waals surface area (Å²) in [5.74, 6) is -1.33. The van der Waals surface area contributed by atoms with Crippen molar-refractivity contribution in [2.24, 2.45) is 0 Å². The second-order valence-corrected chi connectivity index (χ2v) is 4.41. The third kappa shape index (κ3) is 2.74. The van der Waals surface area contributed by atoms with Crippen LogP contribution in [0.1, 0.15) is 0 Å². The van der Waals surface area contributed by atoms with E-state index in [9.17, 15) is 8.78 Å². The number of nitrogens with one attached hydrogen (secondary N) is 1. The van der Waals surface area contributed by atoms with Gasteiger partial charge in [0.25, 0.3) is 0 Å². The number of hydrogen-bond acceptors (Lipinski definition) is 2. The molecule has 0 bridgehead atoms. The van der Waals surface area contributed by atoms with Gasteiger partial charge >= 0.3 is 0 Å². The van der Waals surface area contributed by atoms with E-state index in [0.717, 1.165) is 0 Å². The minimum Gasteiger partial charge on any atom is -0.399 e. The van der Waals surface area contributed by atoms with E-state index in [4.69, 9.17) is 5.73 Å². The second kappa shape index (κ2) is 4.71. The molecule has 0 spiro atoms. The van der Waals surface area contributed by atoms with Crippen LogP contribution in [0.3, 0.4) is 0 Å². The van der Waals surface area contributed by atoms with Gasteiger partial charge in [-0.15, -0.1) is 0 Å². The fraction of sp³-hybridized carbons (Fsp3) is 0. The summed E-state index contributed by atoms with van der Waals surface area (Å²) in [4.78, 5) is 0. The van der Waals surface area contributed by atoms with Crippen molar-refractivity contribution in [2.45, 2.75) is 0 Å². The highest BCUT2D eigenvalue weighted by molar-refractivity contribution is 9.10. The SMILES string of the molecule is Nc1cccc(Nc2c(F)cc(Br)cc2F)c1. The Morgan fingerprint density at radius 1 is 1.06 bits per heavy atom. The van der Waals surface area contributed by atoms with Gasteiger partial charge < -0.3 is 11.1 Å². The zero-order valence-corrected chi connectivity index (χ0v) is 10.3. The summed E-state index contributed by atoms with van der Waals surface area (Å²) in [5, 5.41) is 2.66. The fourth-order valence-electron chi connectivity index (χ4n) is 1.42. The van der Waals surface area contributed by atoms with Crippen LogP contribution in [0.2, 0.25) is 0 Å². The van der Waals surface area contributed by atoms with Crippen molar-refractivity contribution in [1.29, 1.82) is 0 Å². The average Bonchev–Trinajstić information content (AvgIpc) is 2.23. The van der Waals surface area contributed by atoms with Crippen molar-refractivity contribution in [3.8, 4) is 0 Å². The second-order valence-electron chi connectivity index (χ2n) is 3.49. The molecular formula is C12H9BrF2N2. The maximum absolute atomic E-state index is 13.5. The third-order valence-corrected chi connectivity index (χ3v) is 2.62. The van der Waals surface area contributed by atoms with Gasteiger partial charge in [-0.2, -0.15) is 0 Å². The van der Waals surface area contributed by atoms with E-state index < -0.39 is 11.6 Å². The molecule has 0 fully saturated rings. The van der Waals surface area contributed by atoms with E-state index in [-0.39, 0.29) is 5.69 Å². The largest absolute Gasteiger partial charge is 0.399 e. The highest BCUT2D eigenvalue weighted by atomic mass is 79.9. The highest BCUT2D eigenvalue weighted by Crippen LogP contribution is 2.27. The normalized spacial score (nSPS) is 10.3. The average molecular weight is 299 g/mol. The van der Waals surface area contributed by atoms with Crippen LogP contribution in [-0.4, -0.2) is 0 Å². The van der Waals surface area contributed by atoms with Gasteiger partial charge in [-0.05, 0) is 30.3 Å². The molecular weight excluding hydrogens is 290 g/mol. The van der Waals surface area contributed by atoms with Crippen molar-refractivity contribution >= 4 is 33.0 Å². The molecule has 0 saturated carbocycles. The zero-order chi connectivity index (χ0) is 12.4. The van der Waals surface area contributed by atoms with Gasteiger partial charge in [0, 0.05) is 15.8 Å². The first-order valence-corrected chi connectivity index (χ1v) is 5.62. The van der Waals surface area contributed by atoms with Crippen LogP contribution in [0.4, 0.5) is 25.8 Å². The van der Waals surface area contributed by atoms with Crippen molar-refractivity contribution in [3.63, 3.8) is 0 Å². The van der Waals surface area contributed by atoms with Crippen molar-refractivity contribution in [1.82, 2.24) is 0 Å². The Morgan fingerprint density at radius 2 is 1.71 bits per heavy atom. The number of rotatable bonds is 2. The van der Waals surface area contributed by atoms with Crippen molar-refractivity contribution in [2.75, 3.05) is 11.1 Å². The number of hydrogen-bond donors (Lipinski definition) is 2. The molecule has 2 aromatic rings. The Balaban J connectivity index is 2.36. The minimum absolute atomic E-state index is 0.196. The van der Waals surface area contributed by atoms with Crippen molar-refractivity contribution in [3.05, 3.63) is 52.5 Å². The molecule has 0 atom stereocenters. The Hall–Kier alpha value is -1.62. The van der Waals surface area contributed by atoms with Crippen LogP contribution in [0.5, 0.6) is 0 Å². The van der Waals surface area contributed by atoms with Crippen LogP contribution in [0, 0.1) is 11.6 Å². The monoisotopic (exact) mass is 298 g/mol. The van der Waals surface area contributed by atoms with E-state index in [1.165, 1.54) is 12.1 Å². The molecule has 2 rings (SSSR count). The Kier molecular flexibility index (Phi) is 3.28. The molecule has 3 N–H and O–H groups in total. The predicted molar refractivity (Wildman–Crippen MR) is 68.2 cm³/mol. The van der Waals surface area contributed by atoms with E-state index in [0.29, 0.717) is 15.8 Å². The summed E-state index contributed by atoms with van der Waals surface area (Å²) >= 11 is 3.02. The summed E-state index contributed by atoms with van der Waals surface area (Å²) in [6.07, 6.45) is 0. The number of benzene rings is 2. The number of nitrogens with two attached hydrogens (primary N) is 1. The maximum Gasteiger partial charge on any atom is 0.150 e. The first-order valence-electron chi connectivity index (χ1n) is 4.83. The summed E-state index contributed by atoms with van der Waals surface area (Å²) in [6.45, 7) is 0. The van der Waals surface area contributed by atoms with Gasteiger partial charge in [-0.3, -0.25) is 0 Å². The molecule has 0 aliphatic carbocycles. The van der Waals surface area contributed by atoms with Gasteiger partial charge in [0.05, 0.1) is 0 Å². The summed E-state index contributed by atoms with van der Waals surface area (Å²) in [7, 11) is 0. The van der Waals surface area contributed by atoms with Crippen LogP contribution in [0.15, 0.2) is 40.9 Å². The summed E-state index contributed by atoms with van der Waals surface area (Å²) < 4.78 is 27.4. The molecule has 0 unspecified atom stereocenters. The predicted octanol–water partition coefficient (Wildman–Crippen LogP) is 4.05. The van der Waals surface area contributed by atoms with Gasteiger partial charge in [-0.1, -0.05) is 22.0 Å². The van der Waals surface area contributed by atoms with Gasteiger partial charge in [0.15, 0.2) is 11.6 Å². The van der Waals surface area contributed by atoms with Crippen LogP contribution in [0.25, 0.3) is 0 Å². The number of halogens is 3. The number of anilines is 3. The Morgan fingerprint density at radius 3 is 2.29 bits per heavy atom. The van der Waals surface area contributed by atoms with Crippen LogP contribution < -0.4 is 11.1 Å². The molecule has 0 aromatic heterocycles. The van der Waals surface area contributed by atoms with E-state index in [1.54, 1.807) is 24.3 Å². The van der Waals surface area contributed by atoms with Gasteiger partial charge in [0.2, 0.25) is 0 Å². The molecule has 0 aliphatic rings. The lowest BCUT2D eigenvalue weighted by molar-refractivity contribution is 0.589. The standard InChI is InChI=1S/C12H9BrF2N2/c13-7-4-10(14)12(11(15)5-7)17-9-3-1-2-8(16)6-9/h1-6,17H,16H2. The lowest BCUT2D eigenvalue weighted by Gasteiger charge is -2.09. The molecule has 0 radical (unpaired) electrons. The highest BCUT2D eigenvalue weighted by Gasteiger charge is 2.10. The molecule has 0 saturated heterocycles. The zero-order valence-electron chi connectivity index (χ0n) is 8.68. The molecule has 17 heavy (non-hydrogen) atoms. The third-order valence-electron chi connectivity index (χ3n) is 2.16. The Bertz CT molecular complexity index is 535. The molecule has 0 aliphatic heterocycles. The smallest absolute Gasteiger partial charge is 0.150 e. The lowest BCUT2D eigenvalue weighted by atomic mass is 10.2. The fourth-order valence-corrected chi connectivity index (χ4v) is 1.82. The molecule has 2 aromatic carbocycles. The van der Waals surface area contributed by atoms with Crippen LogP contribution >= 0.6 is 15.9 Å². The van der Waals surface area contributed by atoms with E-state index >= 15 is 0 Å². The molecule has 2 nitrogen and oxygen atoms in total. The minimum atomic E-state index is -0.667. The van der Waals surface area contributed by atoms with Gasteiger partial charge in [-0.25, -0.2) is 8.78 Å². The molecule has 0 heterocycles. The van der Waals surface area contributed by atoms with Crippen LogP contribution in [-0.2, 0) is 0 Å². The van der Waals surface area contributed by atoms with Crippen molar-refractivity contribution < 1.29 is 8.78 Å². The lowest BCUT2D eigenvalue weighted by Crippen LogP contribution is -1.98. The van der Waals surface area contributed by atoms with Gasteiger partial charge in [0.1, 0.15) is 5.69 Å². The summed E-state index contributed by atoms with van der Waals surface area (Å²) in [5.41, 5.74) is 6.44.